The molecule has 94 valence electrons. The summed E-state index contributed by atoms with van der Waals surface area (Å²) >= 11 is 0. The molecular weight excluding hydrogens is 230 g/mol. The largest absolute Gasteiger partial charge is 0.544 e. The Bertz CT molecular complexity index is 353. The molecule has 1 aromatic rings. The minimum absolute atomic E-state index is 0.324. The first kappa shape index (κ1) is 12.6. The van der Waals surface area contributed by atoms with Gasteiger partial charge < -0.3 is 14.5 Å². The maximum Gasteiger partial charge on any atom is 0.242 e. The summed E-state index contributed by atoms with van der Waals surface area (Å²) in [5.74, 6) is 0.977. The molecule has 1 fully saturated rings. The standard InChI is InChI=1S/C13H21NO2Si/c1-17(2,3)16-12-6-4-11(5-7-12)13-10-15-9-8-14-13/h4-7,13-14H,8-10H2,1-3H3/t13-/m1/s1. The molecule has 4 heteroatoms. The van der Waals surface area contributed by atoms with Crippen molar-refractivity contribution in [1.29, 1.82) is 0 Å². The number of ether oxygens (including phenoxy) is 1. The van der Waals surface area contributed by atoms with Crippen LogP contribution < -0.4 is 9.74 Å². The van der Waals surface area contributed by atoms with Crippen molar-refractivity contribution in [3.8, 4) is 5.75 Å². The van der Waals surface area contributed by atoms with E-state index in [4.69, 9.17) is 9.16 Å². The Morgan fingerprint density at radius 1 is 1.24 bits per heavy atom. The van der Waals surface area contributed by atoms with Crippen LogP contribution in [0, 0.1) is 0 Å². The third kappa shape index (κ3) is 3.83. The Labute approximate surface area is 104 Å². The summed E-state index contributed by atoms with van der Waals surface area (Å²) < 4.78 is 11.4. The smallest absolute Gasteiger partial charge is 0.242 e. The molecule has 0 saturated carbocycles. The van der Waals surface area contributed by atoms with Crippen LogP contribution in [0.25, 0.3) is 0 Å². The zero-order chi connectivity index (χ0) is 12.3. The van der Waals surface area contributed by atoms with Crippen LogP contribution in [0.5, 0.6) is 5.75 Å². The van der Waals surface area contributed by atoms with Crippen LogP contribution in [0.3, 0.4) is 0 Å². The van der Waals surface area contributed by atoms with Crippen LogP contribution >= 0.6 is 0 Å². The second-order valence-electron chi connectivity index (χ2n) is 5.37. The van der Waals surface area contributed by atoms with E-state index in [2.05, 4.69) is 49.2 Å². The third-order valence-electron chi connectivity index (χ3n) is 2.63. The quantitative estimate of drug-likeness (QED) is 0.838. The summed E-state index contributed by atoms with van der Waals surface area (Å²) in [6, 6.07) is 8.70. The fourth-order valence-electron chi connectivity index (χ4n) is 1.90. The predicted molar refractivity (Wildman–Crippen MR) is 72.0 cm³/mol. The topological polar surface area (TPSA) is 30.5 Å². The van der Waals surface area contributed by atoms with Crippen LogP contribution in [0.15, 0.2) is 24.3 Å². The number of morpholine rings is 1. The molecule has 1 aromatic carbocycles. The minimum Gasteiger partial charge on any atom is -0.544 e. The molecule has 0 aromatic heterocycles. The van der Waals surface area contributed by atoms with Crippen molar-refractivity contribution in [1.82, 2.24) is 5.32 Å². The summed E-state index contributed by atoms with van der Waals surface area (Å²) in [5, 5.41) is 3.45. The zero-order valence-electron chi connectivity index (χ0n) is 10.8. The van der Waals surface area contributed by atoms with Gasteiger partial charge in [0.1, 0.15) is 5.75 Å². The van der Waals surface area contributed by atoms with Gasteiger partial charge in [-0.3, -0.25) is 0 Å². The SMILES string of the molecule is C[Si](C)(C)Oc1ccc([C@H]2COCCN2)cc1. The highest BCUT2D eigenvalue weighted by molar-refractivity contribution is 6.70. The monoisotopic (exact) mass is 251 g/mol. The number of benzene rings is 1. The lowest BCUT2D eigenvalue weighted by Gasteiger charge is -2.25. The molecule has 0 unspecified atom stereocenters. The van der Waals surface area contributed by atoms with E-state index in [9.17, 15) is 0 Å². The van der Waals surface area contributed by atoms with E-state index < -0.39 is 8.32 Å². The van der Waals surface area contributed by atoms with E-state index in [-0.39, 0.29) is 0 Å². The minimum atomic E-state index is -1.50. The Kier molecular flexibility index (Phi) is 3.86. The fourth-order valence-corrected chi connectivity index (χ4v) is 2.74. The molecule has 1 saturated heterocycles. The first-order valence-electron chi connectivity index (χ1n) is 6.15. The summed E-state index contributed by atoms with van der Waals surface area (Å²) in [6.07, 6.45) is 0. The molecule has 1 atom stereocenters. The summed E-state index contributed by atoms with van der Waals surface area (Å²) in [7, 11) is -1.50. The lowest BCUT2D eigenvalue weighted by molar-refractivity contribution is 0.0769. The number of rotatable bonds is 3. The molecule has 3 nitrogen and oxygen atoms in total. The predicted octanol–water partition coefficient (Wildman–Crippen LogP) is 2.56. The highest BCUT2D eigenvalue weighted by Gasteiger charge is 2.17. The van der Waals surface area contributed by atoms with Gasteiger partial charge in [0, 0.05) is 6.54 Å². The van der Waals surface area contributed by atoms with Gasteiger partial charge in [-0.1, -0.05) is 12.1 Å². The Balaban J connectivity index is 2.02. The number of nitrogens with one attached hydrogen (secondary N) is 1. The van der Waals surface area contributed by atoms with Crippen molar-refractivity contribution in [2.24, 2.45) is 0 Å². The fraction of sp³-hybridized carbons (Fsp3) is 0.538. The second kappa shape index (κ2) is 5.21. The zero-order valence-corrected chi connectivity index (χ0v) is 11.8. The molecule has 1 aliphatic heterocycles. The van der Waals surface area contributed by atoms with Crippen molar-refractivity contribution in [3.63, 3.8) is 0 Å². The molecular formula is C13H21NO2Si. The first-order valence-corrected chi connectivity index (χ1v) is 9.55. The van der Waals surface area contributed by atoms with Gasteiger partial charge in [0.05, 0.1) is 19.3 Å². The molecule has 0 radical (unpaired) electrons. The van der Waals surface area contributed by atoms with E-state index in [0.29, 0.717) is 6.04 Å². The molecule has 1 aliphatic rings. The van der Waals surface area contributed by atoms with Gasteiger partial charge in [-0.05, 0) is 37.3 Å². The van der Waals surface area contributed by atoms with E-state index >= 15 is 0 Å². The Morgan fingerprint density at radius 2 is 1.94 bits per heavy atom. The maximum atomic E-state index is 5.93. The number of hydrogen-bond acceptors (Lipinski definition) is 3. The molecule has 0 bridgehead atoms. The lowest BCUT2D eigenvalue weighted by Crippen LogP contribution is -2.34. The van der Waals surface area contributed by atoms with Crippen LogP contribution in [-0.2, 0) is 4.74 Å². The molecule has 2 rings (SSSR count). The average Bonchev–Trinajstić information content (AvgIpc) is 2.29. The van der Waals surface area contributed by atoms with Crippen molar-refractivity contribution >= 4 is 8.32 Å². The van der Waals surface area contributed by atoms with E-state index in [1.165, 1.54) is 5.56 Å². The summed E-state index contributed by atoms with van der Waals surface area (Å²) in [5.41, 5.74) is 1.27. The van der Waals surface area contributed by atoms with Crippen molar-refractivity contribution < 1.29 is 9.16 Å². The molecule has 1 heterocycles. The van der Waals surface area contributed by atoms with Gasteiger partial charge in [0.2, 0.25) is 8.32 Å². The number of hydrogen-bond donors (Lipinski definition) is 1. The van der Waals surface area contributed by atoms with Gasteiger partial charge in [-0.25, -0.2) is 0 Å². The third-order valence-corrected chi connectivity index (χ3v) is 3.48. The molecule has 17 heavy (non-hydrogen) atoms. The van der Waals surface area contributed by atoms with Crippen LogP contribution in [0.2, 0.25) is 19.6 Å². The van der Waals surface area contributed by atoms with Gasteiger partial charge in [-0.2, -0.15) is 0 Å². The Morgan fingerprint density at radius 3 is 2.47 bits per heavy atom. The average molecular weight is 251 g/mol. The lowest BCUT2D eigenvalue weighted by atomic mass is 10.1. The van der Waals surface area contributed by atoms with E-state index in [0.717, 1.165) is 25.5 Å². The van der Waals surface area contributed by atoms with E-state index in [1.54, 1.807) is 0 Å². The normalized spacial score (nSPS) is 21.2. The molecule has 0 amide bonds. The highest BCUT2D eigenvalue weighted by Crippen LogP contribution is 2.21. The van der Waals surface area contributed by atoms with Gasteiger partial charge in [0.15, 0.2) is 0 Å². The van der Waals surface area contributed by atoms with Crippen molar-refractivity contribution in [2.75, 3.05) is 19.8 Å². The van der Waals surface area contributed by atoms with Gasteiger partial charge in [0.25, 0.3) is 0 Å². The summed E-state index contributed by atoms with van der Waals surface area (Å²) in [4.78, 5) is 0. The van der Waals surface area contributed by atoms with Gasteiger partial charge in [-0.15, -0.1) is 0 Å². The van der Waals surface area contributed by atoms with Crippen molar-refractivity contribution in [3.05, 3.63) is 29.8 Å². The van der Waals surface area contributed by atoms with Crippen LogP contribution in [0.1, 0.15) is 11.6 Å². The molecule has 0 spiro atoms. The highest BCUT2D eigenvalue weighted by atomic mass is 28.4. The molecule has 1 N–H and O–H groups in total. The molecule has 0 aliphatic carbocycles. The van der Waals surface area contributed by atoms with E-state index in [1.807, 2.05) is 0 Å². The first-order chi connectivity index (χ1) is 8.04. The van der Waals surface area contributed by atoms with Crippen LogP contribution in [-0.4, -0.2) is 28.1 Å². The summed E-state index contributed by atoms with van der Waals surface area (Å²) in [6.45, 7) is 9.08. The Hall–Kier alpha value is -0.843. The maximum absolute atomic E-state index is 5.93. The second-order valence-corrected chi connectivity index (χ2v) is 9.79. The van der Waals surface area contributed by atoms with Gasteiger partial charge >= 0.3 is 0 Å². The van der Waals surface area contributed by atoms with Crippen LogP contribution in [0.4, 0.5) is 0 Å². The van der Waals surface area contributed by atoms with Crippen molar-refractivity contribution in [2.45, 2.75) is 25.7 Å².